The van der Waals surface area contributed by atoms with Crippen LogP contribution in [0.3, 0.4) is 0 Å². The zero-order valence-corrected chi connectivity index (χ0v) is 19.7. The minimum Gasteiger partial charge on any atom is -0.507 e. The number of ether oxygens (including phenoxy) is 1. The summed E-state index contributed by atoms with van der Waals surface area (Å²) in [5, 5.41) is 12.4. The molecule has 2 aromatic heterocycles. The van der Waals surface area contributed by atoms with Crippen molar-refractivity contribution in [1.82, 2.24) is 5.32 Å². The lowest BCUT2D eigenvalue weighted by Gasteiger charge is -2.11. The zero-order valence-electron chi connectivity index (χ0n) is 18.9. The summed E-state index contributed by atoms with van der Waals surface area (Å²) in [6.07, 6.45) is 3.89. The summed E-state index contributed by atoms with van der Waals surface area (Å²) < 4.78 is 9.60. The van der Waals surface area contributed by atoms with Gasteiger partial charge in [0.2, 0.25) is 0 Å². The smallest absolute Gasteiger partial charge is 0.410 e. The number of carbonyl (C=O) groups is 2. The van der Waals surface area contributed by atoms with Crippen LogP contribution in [0.2, 0.25) is 0 Å². The maximum atomic E-state index is 12.0. The molecule has 8 heteroatoms. The van der Waals surface area contributed by atoms with Crippen LogP contribution in [0.25, 0.3) is 0 Å². The highest BCUT2D eigenvalue weighted by Crippen LogP contribution is 2.25. The lowest BCUT2D eigenvalue weighted by Crippen LogP contribution is -2.19. The van der Waals surface area contributed by atoms with Crippen LogP contribution in [0.1, 0.15) is 65.4 Å². The molecule has 0 saturated carbocycles. The summed E-state index contributed by atoms with van der Waals surface area (Å²) >= 11 is 1.84. The van der Waals surface area contributed by atoms with E-state index in [4.69, 9.17) is 4.42 Å². The van der Waals surface area contributed by atoms with Crippen LogP contribution in [-0.2, 0) is 4.74 Å². The number of Topliss-reactive ketones (excluding diaryl/α,β-unsaturated/α-hetero) is 1. The van der Waals surface area contributed by atoms with Crippen molar-refractivity contribution in [3.8, 4) is 5.75 Å². The van der Waals surface area contributed by atoms with Crippen LogP contribution in [0, 0.1) is 19.8 Å². The SMILES string of the molecule is COC(=O)N/C=C/CCC(C)c1cc(O)c(C(=O)C(C)C)c(=O)o1.Cc1ccc(C)s1. The second kappa shape index (κ2) is 12.7. The quantitative estimate of drug-likeness (QED) is 0.556. The summed E-state index contributed by atoms with van der Waals surface area (Å²) in [6, 6.07) is 5.60. The van der Waals surface area contributed by atoms with Gasteiger partial charge in [0, 0.05) is 33.9 Å². The van der Waals surface area contributed by atoms with Crippen molar-refractivity contribution in [3.05, 3.63) is 62.0 Å². The molecule has 2 N–H and O–H groups in total. The molecule has 170 valence electrons. The highest BCUT2D eigenvalue weighted by molar-refractivity contribution is 7.11. The highest BCUT2D eigenvalue weighted by Gasteiger charge is 2.22. The van der Waals surface area contributed by atoms with Crippen LogP contribution in [-0.4, -0.2) is 24.1 Å². The summed E-state index contributed by atoms with van der Waals surface area (Å²) in [5.74, 6) is -1.04. The second-order valence-corrected chi connectivity index (χ2v) is 8.88. The number of methoxy groups -OCH3 is 1. The van der Waals surface area contributed by atoms with Crippen molar-refractivity contribution in [3.63, 3.8) is 0 Å². The fourth-order valence-electron chi connectivity index (χ4n) is 2.57. The molecule has 0 aromatic carbocycles. The van der Waals surface area contributed by atoms with E-state index in [2.05, 4.69) is 36.0 Å². The summed E-state index contributed by atoms with van der Waals surface area (Å²) in [5.41, 5.74) is -1.12. The minimum atomic E-state index is -0.821. The number of rotatable bonds is 7. The Morgan fingerprint density at radius 1 is 1.23 bits per heavy atom. The van der Waals surface area contributed by atoms with E-state index < -0.39 is 23.4 Å². The van der Waals surface area contributed by atoms with E-state index in [9.17, 15) is 19.5 Å². The number of aryl methyl sites for hydroxylation is 2. The van der Waals surface area contributed by atoms with Crippen molar-refractivity contribution in [1.29, 1.82) is 0 Å². The standard InChI is InChI=1S/C17H23NO6.C6H8S/c1-10(2)15(20)14-12(19)9-13(24-16(14)21)11(3)7-5-6-8-18-17(22)23-4;1-5-3-4-6(2)7-5/h6,8-11,19H,5,7H2,1-4H3,(H,18,22);3-4H,1-2H3/b8-6+;. The van der Waals surface area contributed by atoms with Gasteiger partial charge in [0.25, 0.3) is 0 Å². The third-order valence-electron chi connectivity index (χ3n) is 4.35. The molecule has 2 heterocycles. The van der Waals surface area contributed by atoms with Crippen molar-refractivity contribution in [2.45, 2.75) is 53.4 Å². The van der Waals surface area contributed by atoms with Gasteiger partial charge in [-0.3, -0.25) is 10.1 Å². The molecule has 1 atom stereocenters. The predicted octanol–water partition coefficient (Wildman–Crippen LogP) is 5.30. The summed E-state index contributed by atoms with van der Waals surface area (Å²) in [6.45, 7) is 9.37. The molecular formula is C23H31NO6S. The molecule has 1 unspecified atom stereocenters. The van der Waals surface area contributed by atoms with Gasteiger partial charge in [0.1, 0.15) is 17.1 Å². The van der Waals surface area contributed by atoms with E-state index in [1.54, 1.807) is 19.9 Å². The molecule has 0 aliphatic heterocycles. The van der Waals surface area contributed by atoms with E-state index in [1.165, 1.54) is 29.1 Å². The maximum absolute atomic E-state index is 12.0. The highest BCUT2D eigenvalue weighted by atomic mass is 32.1. The molecule has 1 amide bonds. The predicted molar refractivity (Wildman–Crippen MR) is 122 cm³/mol. The number of aromatic hydroxyl groups is 1. The van der Waals surface area contributed by atoms with E-state index >= 15 is 0 Å². The van der Waals surface area contributed by atoms with Crippen molar-refractivity contribution in [2.24, 2.45) is 5.92 Å². The summed E-state index contributed by atoms with van der Waals surface area (Å²) in [4.78, 5) is 37.5. The largest absolute Gasteiger partial charge is 0.507 e. The molecule has 0 aliphatic rings. The van der Waals surface area contributed by atoms with Gasteiger partial charge in [0.15, 0.2) is 5.78 Å². The number of amides is 1. The Morgan fingerprint density at radius 3 is 2.29 bits per heavy atom. The number of alkyl carbamates (subject to hydrolysis) is 1. The van der Waals surface area contributed by atoms with Gasteiger partial charge < -0.3 is 14.3 Å². The maximum Gasteiger partial charge on any atom is 0.410 e. The van der Waals surface area contributed by atoms with Crippen LogP contribution in [0.15, 0.2) is 39.7 Å². The summed E-state index contributed by atoms with van der Waals surface area (Å²) in [7, 11) is 1.27. The Morgan fingerprint density at radius 2 is 1.84 bits per heavy atom. The first-order valence-electron chi connectivity index (χ1n) is 10.0. The molecule has 2 aromatic rings. The van der Waals surface area contributed by atoms with Crippen LogP contribution < -0.4 is 10.9 Å². The van der Waals surface area contributed by atoms with Crippen LogP contribution in [0.4, 0.5) is 4.79 Å². The topological polar surface area (TPSA) is 106 Å². The van der Waals surface area contributed by atoms with E-state index in [0.717, 1.165) is 0 Å². The van der Waals surface area contributed by atoms with Gasteiger partial charge in [0.05, 0.1) is 7.11 Å². The Hall–Kier alpha value is -2.87. The zero-order chi connectivity index (χ0) is 23.6. The molecule has 0 fully saturated rings. The first-order valence-corrected chi connectivity index (χ1v) is 10.8. The molecule has 0 saturated heterocycles. The molecule has 2 rings (SSSR count). The Balaban J connectivity index is 0.000000577. The van der Waals surface area contributed by atoms with Crippen LogP contribution in [0.5, 0.6) is 5.75 Å². The van der Waals surface area contributed by atoms with Crippen molar-refractivity contribution >= 4 is 23.2 Å². The van der Waals surface area contributed by atoms with Crippen LogP contribution >= 0.6 is 11.3 Å². The molecule has 31 heavy (non-hydrogen) atoms. The average molecular weight is 450 g/mol. The van der Waals surface area contributed by atoms with E-state index in [0.29, 0.717) is 18.6 Å². The normalized spacial score (nSPS) is 11.7. The minimum absolute atomic E-state index is 0.144. The van der Waals surface area contributed by atoms with Crippen molar-refractivity contribution < 1.29 is 23.8 Å². The van der Waals surface area contributed by atoms with Gasteiger partial charge >= 0.3 is 11.7 Å². The fourth-order valence-corrected chi connectivity index (χ4v) is 3.35. The Kier molecular flexibility index (Phi) is 10.8. The fraction of sp³-hybridized carbons (Fsp3) is 0.435. The van der Waals surface area contributed by atoms with Gasteiger partial charge in [-0.25, -0.2) is 9.59 Å². The monoisotopic (exact) mass is 449 g/mol. The second-order valence-electron chi connectivity index (χ2n) is 7.39. The Bertz CT molecular complexity index is 941. The molecular weight excluding hydrogens is 418 g/mol. The third-order valence-corrected chi connectivity index (χ3v) is 5.27. The van der Waals surface area contributed by atoms with Gasteiger partial charge in [-0.05, 0) is 38.8 Å². The number of carbonyl (C=O) groups excluding carboxylic acids is 2. The third kappa shape index (κ3) is 8.80. The number of thiophene rings is 1. The number of hydrogen-bond donors (Lipinski definition) is 2. The molecule has 0 aliphatic carbocycles. The van der Waals surface area contributed by atoms with E-state index in [1.807, 2.05) is 18.3 Å². The number of nitrogens with one attached hydrogen (secondary N) is 1. The molecule has 0 spiro atoms. The molecule has 0 bridgehead atoms. The average Bonchev–Trinajstić information content (AvgIpc) is 3.09. The molecule has 7 nitrogen and oxygen atoms in total. The first kappa shape index (κ1) is 26.2. The van der Waals surface area contributed by atoms with Gasteiger partial charge in [-0.1, -0.05) is 26.8 Å². The van der Waals surface area contributed by atoms with Gasteiger partial charge in [-0.2, -0.15) is 0 Å². The lowest BCUT2D eigenvalue weighted by atomic mass is 9.99. The number of hydrogen-bond acceptors (Lipinski definition) is 7. The van der Waals surface area contributed by atoms with Crippen molar-refractivity contribution in [2.75, 3.05) is 7.11 Å². The molecule has 0 radical (unpaired) electrons. The Labute approximate surface area is 186 Å². The number of ketones is 1. The lowest BCUT2D eigenvalue weighted by molar-refractivity contribution is 0.0931. The van der Waals surface area contributed by atoms with Gasteiger partial charge in [-0.15, -0.1) is 11.3 Å². The first-order chi connectivity index (χ1) is 14.6. The van der Waals surface area contributed by atoms with E-state index in [-0.39, 0.29) is 17.2 Å². The number of allylic oxidation sites excluding steroid dienone is 1.